The van der Waals surface area contributed by atoms with Crippen molar-refractivity contribution in [3.63, 3.8) is 0 Å². The van der Waals surface area contributed by atoms with E-state index in [1.54, 1.807) is 36.8 Å². The molecule has 0 saturated carbocycles. The molecule has 0 unspecified atom stereocenters. The highest BCUT2D eigenvalue weighted by atomic mass is 35.5. The van der Waals surface area contributed by atoms with E-state index in [0.717, 1.165) is 15.6 Å². The van der Waals surface area contributed by atoms with Crippen LogP contribution in [0.3, 0.4) is 0 Å². The Balaban J connectivity index is 1.54. The maximum absolute atomic E-state index is 13.7. The fraction of sp³-hybridized carbons (Fsp3) is 0.154. The number of methoxy groups -OCH3 is 2. The van der Waals surface area contributed by atoms with E-state index in [0.29, 0.717) is 16.5 Å². The predicted octanol–water partition coefficient (Wildman–Crippen LogP) is 4.05. The molecule has 9 nitrogen and oxygen atoms in total. The van der Waals surface area contributed by atoms with Gasteiger partial charge >= 0.3 is 0 Å². The predicted molar refractivity (Wildman–Crippen MR) is 141 cm³/mol. The first-order valence-electron chi connectivity index (χ1n) is 11.2. The van der Waals surface area contributed by atoms with Gasteiger partial charge in [-0.25, -0.2) is 13.4 Å². The lowest BCUT2D eigenvalue weighted by atomic mass is 10.2. The number of ether oxygens (including phenoxy) is 2. The van der Waals surface area contributed by atoms with E-state index in [4.69, 9.17) is 21.1 Å². The smallest absolute Gasteiger partial charge is 0.264 e. The maximum atomic E-state index is 13.7. The number of benzene rings is 3. The van der Waals surface area contributed by atoms with Gasteiger partial charge in [-0.1, -0.05) is 23.7 Å². The first-order chi connectivity index (χ1) is 17.8. The quantitative estimate of drug-likeness (QED) is 0.325. The van der Waals surface area contributed by atoms with Crippen LogP contribution in [0.5, 0.6) is 11.5 Å². The number of carbonyl (C=O) groups excluding carboxylic acids is 1. The fourth-order valence-corrected chi connectivity index (χ4v) is 5.17. The number of sulfonamides is 1. The van der Waals surface area contributed by atoms with Crippen LogP contribution >= 0.6 is 11.6 Å². The number of aromatic nitrogens is 2. The van der Waals surface area contributed by atoms with Crippen molar-refractivity contribution >= 4 is 33.2 Å². The van der Waals surface area contributed by atoms with E-state index in [1.165, 1.54) is 32.4 Å². The van der Waals surface area contributed by atoms with Gasteiger partial charge in [0.25, 0.3) is 10.0 Å². The van der Waals surface area contributed by atoms with Crippen LogP contribution in [0.1, 0.15) is 5.56 Å². The molecule has 0 atom stereocenters. The number of anilines is 1. The molecule has 0 radical (unpaired) electrons. The second kappa shape index (κ2) is 11.4. The lowest BCUT2D eigenvalue weighted by Gasteiger charge is -2.24. The number of rotatable bonds is 10. The molecule has 4 rings (SSSR count). The Morgan fingerprint density at radius 1 is 1.00 bits per heavy atom. The van der Waals surface area contributed by atoms with Gasteiger partial charge in [-0.15, -0.1) is 0 Å². The summed E-state index contributed by atoms with van der Waals surface area (Å²) < 4.78 is 40.7. The molecule has 0 spiro atoms. The van der Waals surface area contributed by atoms with Gasteiger partial charge in [-0.2, -0.15) is 0 Å². The van der Waals surface area contributed by atoms with E-state index in [1.807, 2.05) is 35.0 Å². The molecular formula is C26H25ClN4O5S. The number of imidazole rings is 1. The van der Waals surface area contributed by atoms with E-state index >= 15 is 0 Å². The molecule has 0 aliphatic carbocycles. The normalized spacial score (nSPS) is 11.1. The Bertz CT molecular complexity index is 1460. The molecule has 11 heteroatoms. The van der Waals surface area contributed by atoms with Crippen LogP contribution < -0.4 is 19.1 Å². The summed E-state index contributed by atoms with van der Waals surface area (Å²) in [6.07, 6.45) is 5.22. The molecule has 4 aromatic rings. The van der Waals surface area contributed by atoms with Gasteiger partial charge in [0.15, 0.2) is 11.5 Å². The first-order valence-corrected chi connectivity index (χ1v) is 13.0. The summed E-state index contributed by atoms with van der Waals surface area (Å²) in [5.74, 6) is 0.164. The van der Waals surface area contributed by atoms with Gasteiger partial charge in [0.05, 0.1) is 31.1 Å². The van der Waals surface area contributed by atoms with Gasteiger partial charge in [0.1, 0.15) is 6.54 Å². The number of carbonyl (C=O) groups is 1. The topological polar surface area (TPSA) is 103 Å². The highest BCUT2D eigenvalue weighted by Gasteiger charge is 2.28. The van der Waals surface area contributed by atoms with Gasteiger partial charge in [-0.3, -0.25) is 9.10 Å². The number of hydrogen-bond donors (Lipinski definition) is 1. The summed E-state index contributed by atoms with van der Waals surface area (Å²) in [5, 5.41) is 3.23. The van der Waals surface area contributed by atoms with E-state index in [2.05, 4.69) is 10.3 Å². The third-order valence-electron chi connectivity index (χ3n) is 5.57. The van der Waals surface area contributed by atoms with Crippen molar-refractivity contribution in [2.75, 3.05) is 25.1 Å². The minimum atomic E-state index is -4.15. The van der Waals surface area contributed by atoms with Crippen LogP contribution in [0, 0.1) is 0 Å². The number of nitrogens with one attached hydrogen (secondary N) is 1. The molecule has 1 heterocycles. The average Bonchev–Trinajstić information content (AvgIpc) is 3.46. The van der Waals surface area contributed by atoms with Gasteiger partial charge < -0.3 is 19.4 Å². The van der Waals surface area contributed by atoms with Crippen molar-refractivity contribution in [3.05, 3.63) is 96.0 Å². The number of hydrogen-bond acceptors (Lipinski definition) is 6. The lowest BCUT2D eigenvalue weighted by Crippen LogP contribution is -2.40. The number of nitrogens with zero attached hydrogens (tertiary/aromatic N) is 3. The van der Waals surface area contributed by atoms with E-state index < -0.39 is 22.5 Å². The lowest BCUT2D eigenvalue weighted by molar-refractivity contribution is -0.119. The molecule has 3 aromatic carbocycles. The molecule has 192 valence electrons. The Morgan fingerprint density at radius 2 is 1.70 bits per heavy atom. The van der Waals surface area contributed by atoms with Crippen LogP contribution in [0.4, 0.5) is 5.69 Å². The van der Waals surface area contributed by atoms with Gasteiger partial charge in [0.2, 0.25) is 5.91 Å². The molecule has 1 aromatic heterocycles. The molecule has 0 aliphatic heterocycles. The van der Waals surface area contributed by atoms with Crippen molar-refractivity contribution < 1.29 is 22.7 Å². The van der Waals surface area contributed by atoms with Crippen molar-refractivity contribution in [1.29, 1.82) is 0 Å². The Labute approximate surface area is 220 Å². The fourth-order valence-electron chi connectivity index (χ4n) is 3.61. The van der Waals surface area contributed by atoms with Gasteiger partial charge in [0, 0.05) is 35.7 Å². The summed E-state index contributed by atoms with van der Waals surface area (Å²) in [4.78, 5) is 16.9. The molecule has 1 amide bonds. The first kappa shape index (κ1) is 26.1. The van der Waals surface area contributed by atoms with E-state index in [-0.39, 0.29) is 17.2 Å². The van der Waals surface area contributed by atoms with Crippen molar-refractivity contribution in [1.82, 2.24) is 14.9 Å². The Morgan fingerprint density at radius 3 is 2.32 bits per heavy atom. The summed E-state index contributed by atoms with van der Waals surface area (Å²) in [6.45, 7) is -0.209. The van der Waals surface area contributed by atoms with Crippen molar-refractivity contribution in [2.24, 2.45) is 0 Å². The largest absolute Gasteiger partial charge is 0.493 e. The van der Waals surface area contributed by atoms with Gasteiger partial charge in [-0.05, 0) is 54.1 Å². The minimum Gasteiger partial charge on any atom is -0.493 e. The third kappa shape index (κ3) is 6.04. The van der Waals surface area contributed by atoms with Crippen LogP contribution in [-0.2, 0) is 21.4 Å². The highest BCUT2D eigenvalue weighted by molar-refractivity contribution is 7.92. The van der Waals surface area contributed by atoms with Crippen LogP contribution in [-0.4, -0.2) is 44.6 Å². The van der Waals surface area contributed by atoms with Crippen molar-refractivity contribution in [3.8, 4) is 17.2 Å². The SMILES string of the molecule is COc1ccc(S(=O)(=O)N(CC(=O)NCc2ccc(-n3ccnc3)cc2)c2ccc(Cl)cc2)cc1OC. The molecule has 0 fully saturated rings. The van der Waals surface area contributed by atoms with Crippen LogP contribution in [0.2, 0.25) is 5.02 Å². The van der Waals surface area contributed by atoms with Crippen LogP contribution in [0.15, 0.2) is 90.3 Å². The molecule has 0 bridgehead atoms. The Hall–Kier alpha value is -4.02. The van der Waals surface area contributed by atoms with Crippen LogP contribution in [0.25, 0.3) is 5.69 Å². The standard InChI is InChI=1S/C26H25ClN4O5S/c1-35-24-12-11-23(15-25(24)36-2)37(33,34)31(22-9-5-20(27)6-10-22)17-26(32)29-16-19-3-7-21(8-4-19)30-14-13-28-18-30/h3-15,18H,16-17H2,1-2H3,(H,29,32). The maximum Gasteiger partial charge on any atom is 0.264 e. The number of amides is 1. The van der Waals surface area contributed by atoms with E-state index in [9.17, 15) is 13.2 Å². The molecule has 0 saturated heterocycles. The summed E-state index contributed by atoms with van der Waals surface area (Å²) >= 11 is 6.00. The zero-order valence-corrected chi connectivity index (χ0v) is 21.7. The minimum absolute atomic E-state index is 0.0528. The zero-order valence-electron chi connectivity index (χ0n) is 20.2. The molecule has 1 N–H and O–H groups in total. The Kier molecular flexibility index (Phi) is 8.00. The molecular weight excluding hydrogens is 516 g/mol. The monoisotopic (exact) mass is 540 g/mol. The third-order valence-corrected chi connectivity index (χ3v) is 7.60. The molecule has 0 aliphatic rings. The summed E-state index contributed by atoms with van der Waals surface area (Å²) in [6, 6.07) is 18.1. The molecule has 37 heavy (non-hydrogen) atoms. The summed E-state index contributed by atoms with van der Waals surface area (Å²) in [7, 11) is -1.27. The second-order valence-electron chi connectivity index (χ2n) is 7.92. The number of halogens is 1. The highest BCUT2D eigenvalue weighted by Crippen LogP contribution is 2.32. The second-order valence-corrected chi connectivity index (χ2v) is 10.2. The van der Waals surface area contributed by atoms with Crippen molar-refractivity contribution in [2.45, 2.75) is 11.4 Å². The zero-order chi connectivity index (χ0) is 26.4. The average molecular weight is 541 g/mol. The summed E-state index contributed by atoms with van der Waals surface area (Å²) in [5.41, 5.74) is 2.08.